The van der Waals surface area contributed by atoms with Crippen molar-refractivity contribution in [1.29, 1.82) is 0 Å². The Labute approximate surface area is 143 Å². The third-order valence-electron chi connectivity index (χ3n) is 3.10. The minimum Gasteiger partial charge on any atom is -0.497 e. The van der Waals surface area contributed by atoms with E-state index in [1.807, 2.05) is 48.5 Å². The van der Waals surface area contributed by atoms with Gasteiger partial charge in [0.25, 0.3) is 0 Å². The summed E-state index contributed by atoms with van der Waals surface area (Å²) in [5.74, 6) is 1.24. The number of halogens is 1. The third kappa shape index (κ3) is 3.69. The lowest BCUT2D eigenvalue weighted by atomic mass is 10.2. The van der Waals surface area contributed by atoms with Crippen LogP contribution >= 0.6 is 28.7 Å². The number of nitrogens with zero attached hydrogens (tertiary/aromatic N) is 1. The smallest absolute Gasteiger partial charge is 0.173 e. The molecule has 114 valence electrons. The van der Waals surface area contributed by atoms with Crippen LogP contribution in [0.15, 0.2) is 53.7 Å². The van der Waals surface area contributed by atoms with Gasteiger partial charge < -0.3 is 9.72 Å². The highest BCUT2D eigenvalue weighted by Gasteiger charge is 2.09. The van der Waals surface area contributed by atoms with Gasteiger partial charge >= 0.3 is 0 Å². The van der Waals surface area contributed by atoms with Crippen molar-refractivity contribution in [1.82, 2.24) is 9.97 Å². The standard InChI is InChI=1S/C16H14N2O2S.BrH/c1-20-12-7-8-13-14(9-12)18-16(17-13)21-10-15(19)11-5-3-2-4-6-11;/h2-9H,10H2,1H3,(H,17,18);1H. The molecule has 0 saturated heterocycles. The number of fused-ring (bicyclic) bond motifs is 1. The molecule has 2 aromatic carbocycles. The van der Waals surface area contributed by atoms with Crippen LogP contribution in [0.5, 0.6) is 5.75 Å². The summed E-state index contributed by atoms with van der Waals surface area (Å²) in [6.45, 7) is 0. The predicted molar refractivity (Wildman–Crippen MR) is 94.5 cm³/mol. The highest BCUT2D eigenvalue weighted by molar-refractivity contribution is 8.93. The maximum Gasteiger partial charge on any atom is 0.173 e. The first-order valence-electron chi connectivity index (χ1n) is 6.51. The van der Waals surface area contributed by atoms with Gasteiger partial charge in [0, 0.05) is 11.6 Å². The number of H-pyrrole nitrogens is 1. The van der Waals surface area contributed by atoms with E-state index in [0.717, 1.165) is 27.5 Å². The number of hydrogen-bond donors (Lipinski definition) is 1. The number of Topliss-reactive ketones (excluding diaryl/α,β-unsaturated/α-hetero) is 1. The molecule has 0 aliphatic rings. The minimum atomic E-state index is 0. The molecule has 0 unspecified atom stereocenters. The van der Waals surface area contributed by atoms with Gasteiger partial charge in [0.05, 0.1) is 23.9 Å². The number of rotatable bonds is 5. The summed E-state index contributed by atoms with van der Waals surface area (Å²) < 4.78 is 5.18. The lowest BCUT2D eigenvalue weighted by Crippen LogP contribution is -2.01. The van der Waals surface area contributed by atoms with Crippen LogP contribution in [0.3, 0.4) is 0 Å². The van der Waals surface area contributed by atoms with E-state index in [1.54, 1.807) is 7.11 Å². The van der Waals surface area contributed by atoms with Crippen LogP contribution in [0.4, 0.5) is 0 Å². The molecule has 0 aliphatic carbocycles. The molecule has 6 heteroatoms. The first-order chi connectivity index (χ1) is 10.3. The average Bonchev–Trinajstić information content (AvgIpc) is 2.95. The van der Waals surface area contributed by atoms with E-state index in [0.29, 0.717) is 5.75 Å². The average molecular weight is 379 g/mol. The number of imidazole rings is 1. The van der Waals surface area contributed by atoms with E-state index in [2.05, 4.69) is 9.97 Å². The number of ketones is 1. The van der Waals surface area contributed by atoms with Gasteiger partial charge in [-0.25, -0.2) is 4.98 Å². The van der Waals surface area contributed by atoms with Crippen molar-refractivity contribution in [3.05, 3.63) is 54.1 Å². The number of ether oxygens (including phenoxy) is 1. The molecule has 0 spiro atoms. The first kappa shape index (κ1) is 16.6. The van der Waals surface area contributed by atoms with Crippen LogP contribution in [-0.2, 0) is 0 Å². The molecule has 22 heavy (non-hydrogen) atoms. The molecule has 0 aliphatic heterocycles. The van der Waals surface area contributed by atoms with Gasteiger partial charge in [-0.1, -0.05) is 42.1 Å². The van der Waals surface area contributed by atoms with Crippen molar-refractivity contribution in [2.75, 3.05) is 12.9 Å². The van der Waals surface area contributed by atoms with E-state index in [9.17, 15) is 4.79 Å². The molecule has 3 aromatic rings. The number of carbonyl (C=O) groups excluding carboxylic acids is 1. The summed E-state index contributed by atoms with van der Waals surface area (Å²) in [6.07, 6.45) is 0. The monoisotopic (exact) mass is 378 g/mol. The van der Waals surface area contributed by atoms with Crippen molar-refractivity contribution >= 4 is 45.6 Å². The van der Waals surface area contributed by atoms with Gasteiger partial charge in [-0.15, -0.1) is 17.0 Å². The number of methoxy groups -OCH3 is 1. The normalized spacial score (nSPS) is 10.2. The summed E-state index contributed by atoms with van der Waals surface area (Å²) in [5, 5.41) is 0.738. The van der Waals surface area contributed by atoms with Gasteiger partial charge in [-0.3, -0.25) is 4.79 Å². The lowest BCUT2D eigenvalue weighted by molar-refractivity contribution is 0.102. The Kier molecular flexibility index (Phi) is 5.63. The number of carbonyl (C=O) groups is 1. The summed E-state index contributed by atoms with van der Waals surface area (Å²) in [6, 6.07) is 14.9. The number of benzene rings is 2. The number of thioether (sulfide) groups is 1. The second-order valence-corrected chi connectivity index (χ2v) is 5.47. The SMILES string of the molecule is Br.COc1ccc2nc(SCC(=O)c3ccccc3)[nH]c2c1. The molecule has 0 fully saturated rings. The van der Waals surface area contributed by atoms with Crippen molar-refractivity contribution < 1.29 is 9.53 Å². The van der Waals surface area contributed by atoms with E-state index in [4.69, 9.17) is 4.74 Å². The van der Waals surface area contributed by atoms with Crippen LogP contribution in [0.2, 0.25) is 0 Å². The zero-order valence-corrected chi connectivity index (χ0v) is 14.4. The largest absolute Gasteiger partial charge is 0.497 e. The molecule has 4 nitrogen and oxygen atoms in total. The maximum atomic E-state index is 12.1. The minimum absolute atomic E-state index is 0. The second kappa shape index (κ2) is 7.47. The predicted octanol–water partition coefficient (Wildman–Crippen LogP) is 4.12. The van der Waals surface area contributed by atoms with Gasteiger partial charge in [-0.05, 0) is 12.1 Å². The molecular formula is C16H15BrN2O2S. The van der Waals surface area contributed by atoms with Crippen LogP contribution in [0.25, 0.3) is 11.0 Å². The molecule has 3 rings (SSSR count). The van der Waals surface area contributed by atoms with E-state index < -0.39 is 0 Å². The zero-order chi connectivity index (χ0) is 14.7. The second-order valence-electron chi connectivity index (χ2n) is 4.50. The Balaban J connectivity index is 0.00000176. The molecule has 1 N–H and O–H groups in total. The van der Waals surface area contributed by atoms with Gasteiger partial charge in [0.2, 0.25) is 0 Å². The Bertz CT molecular complexity index is 774. The van der Waals surface area contributed by atoms with Gasteiger partial charge in [0.15, 0.2) is 10.9 Å². The maximum absolute atomic E-state index is 12.1. The Hall–Kier alpha value is -1.79. The fraction of sp³-hybridized carbons (Fsp3) is 0.125. The molecular weight excluding hydrogens is 364 g/mol. The number of nitrogens with one attached hydrogen (secondary N) is 1. The number of hydrogen-bond acceptors (Lipinski definition) is 4. The van der Waals surface area contributed by atoms with Crippen LogP contribution < -0.4 is 4.74 Å². The van der Waals surface area contributed by atoms with Crippen LogP contribution in [0, 0.1) is 0 Å². The van der Waals surface area contributed by atoms with Gasteiger partial charge in [-0.2, -0.15) is 0 Å². The Morgan fingerprint density at radius 1 is 1.23 bits per heavy atom. The molecule has 0 amide bonds. The van der Waals surface area contributed by atoms with Crippen molar-refractivity contribution in [3.8, 4) is 5.75 Å². The summed E-state index contributed by atoms with van der Waals surface area (Å²) in [4.78, 5) is 19.7. The molecule has 0 saturated carbocycles. The highest BCUT2D eigenvalue weighted by atomic mass is 79.9. The summed E-state index contributed by atoms with van der Waals surface area (Å²) in [7, 11) is 1.63. The van der Waals surface area contributed by atoms with Gasteiger partial charge in [0.1, 0.15) is 5.75 Å². The molecule has 0 bridgehead atoms. The fourth-order valence-electron chi connectivity index (χ4n) is 2.00. The first-order valence-corrected chi connectivity index (χ1v) is 7.49. The van der Waals surface area contributed by atoms with Crippen molar-refractivity contribution in [2.45, 2.75) is 5.16 Å². The molecule has 1 aromatic heterocycles. The Morgan fingerprint density at radius 3 is 2.73 bits per heavy atom. The van der Waals surface area contributed by atoms with E-state index >= 15 is 0 Å². The quantitative estimate of drug-likeness (QED) is 0.535. The Morgan fingerprint density at radius 2 is 2.00 bits per heavy atom. The summed E-state index contributed by atoms with van der Waals surface area (Å²) >= 11 is 1.41. The van der Waals surface area contributed by atoms with Crippen LogP contribution in [0.1, 0.15) is 10.4 Å². The number of aromatic nitrogens is 2. The van der Waals surface area contributed by atoms with E-state index in [1.165, 1.54) is 11.8 Å². The zero-order valence-electron chi connectivity index (χ0n) is 11.9. The third-order valence-corrected chi connectivity index (χ3v) is 3.98. The topological polar surface area (TPSA) is 55.0 Å². The highest BCUT2D eigenvalue weighted by Crippen LogP contribution is 2.23. The molecule has 0 radical (unpaired) electrons. The van der Waals surface area contributed by atoms with E-state index in [-0.39, 0.29) is 22.8 Å². The van der Waals surface area contributed by atoms with Crippen molar-refractivity contribution in [2.24, 2.45) is 0 Å². The molecule has 1 heterocycles. The fourth-order valence-corrected chi connectivity index (χ4v) is 2.78. The summed E-state index contributed by atoms with van der Waals surface area (Å²) in [5.41, 5.74) is 2.50. The number of aromatic amines is 1. The lowest BCUT2D eigenvalue weighted by Gasteiger charge is -1.98. The van der Waals surface area contributed by atoms with Crippen LogP contribution in [-0.4, -0.2) is 28.6 Å². The van der Waals surface area contributed by atoms with Crippen molar-refractivity contribution in [3.63, 3.8) is 0 Å². The molecule has 0 atom stereocenters.